The minimum Gasteiger partial charge on any atom is -0.336 e. The Morgan fingerprint density at radius 1 is 1.22 bits per heavy atom. The Hall–Kier alpha value is -2.64. The molecule has 0 unspecified atom stereocenters. The summed E-state index contributed by atoms with van der Waals surface area (Å²) in [5, 5.41) is 7.21. The number of carbonyl (C=O) groups is 1. The van der Waals surface area contributed by atoms with Gasteiger partial charge < -0.3 is 10.2 Å². The van der Waals surface area contributed by atoms with Crippen LogP contribution in [-0.4, -0.2) is 52.0 Å². The van der Waals surface area contributed by atoms with Gasteiger partial charge in [0, 0.05) is 43.8 Å². The Balaban J connectivity index is 1.44. The van der Waals surface area contributed by atoms with Crippen LogP contribution in [0.3, 0.4) is 0 Å². The van der Waals surface area contributed by atoms with Gasteiger partial charge in [-0.25, -0.2) is 14.8 Å². The topological polar surface area (TPSA) is 79.2 Å². The molecule has 4 rings (SSSR count). The minimum atomic E-state index is -0.0524. The van der Waals surface area contributed by atoms with E-state index < -0.39 is 0 Å². The van der Waals surface area contributed by atoms with Crippen LogP contribution in [0.25, 0.3) is 0 Å². The zero-order chi connectivity index (χ0) is 16.0. The summed E-state index contributed by atoms with van der Waals surface area (Å²) in [6.45, 7) is 7.00. The zero-order valence-corrected chi connectivity index (χ0v) is 13.2. The molecule has 0 atom stereocenters. The maximum atomic E-state index is 11.7. The summed E-state index contributed by atoms with van der Waals surface area (Å²) < 4.78 is 1.93. The summed E-state index contributed by atoms with van der Waals surface area (Å²) in [5.41, 5.74) is 2.82. The molecule has 0 aliphatic carbocycles. The molecule has 0 bridgehead atoms. The lowest BCUT2D eigenvalue weighted by Crippen LogP contribution is -2.48. The second-order valence-electron chi connectivity index (χ2n) is 6.07. The first-order valence-electron chi connectivity index (χ1n) is 7.77. The largest absolute Gasteiger partial charge is 0.336 e. The van der Waals surface area contributed by atoms with Crippen LogP contribution in [0.2, 0.25) is 0 Å². The number of aryl methyl sites for hydroxylation is 2. The van der Waals surface area contributed by atoms with E-state index in [0.717, 1.165) is 36.1 Å². The number of urea groups is 1. The van der Waals surface area contributed by atoms with Crippen LogP contribution in [0.4, 0.5) is 16.4 Å². The predicted molar refractivity (Wildman–Crippen MR) is 85.7 cm³/mol. The van der Waals surface area contributed by atoms with Crippen LogP contribution in [0.1, 0.15) is 17.4 Å². The number of carbonyl (C=O) groups excluding carboxylic acids is 1. The molecular formula is C15H19N7O. The number of aromatic nitrogens is 4. The molecule has 0 aromatic carbocycles. The van der Waals surface area contributed by atoms with Crippen molar-refractivity contribution in [3.63, 3.8) is 0 Å². The van der Waals surface area contributed by atoms with Crippen LogP contribution in [0, 0.1) is 13.8 Å². The fourth-order valence-electron chi connectivity index (χ4n) is 3.02. The van der Waals surface area contributed by atoms with Gasteiger partial charge in [0.05, 0.1) is 17.9 Å². The van der Waals surface area contributed by atoms with Crippen molar-refractivity contribution in [2.24, 2.45) is 0 Å². The summed E-state index contributed by atoms with van der Waals surface area (Å²) in [6.07, 6.45) is 3.69. The molecule has 0 radical (unpaired) electrons. The van der Waals surface area contributed by atoms with E-state index in [2.05, 4.69) is 25.3 Å². The lowest BCUT2D eigenvalue weighted by atomic mass is 10.1. The van der Waals surface area contributed by atoms with Crippen LogP contribution < -0.4 is 15.1 Å². The van der Waals surface area contributed by atoms with Gasteiger partial charge in [-0.3, -0.25) is 9.58 Å². The van der Waals surface area contributed by atoms with E-state index in [4.69, 9.17) is 0 Å². The van der Waals surface area contributed by atoms with Gasteiger partial charge >= 0.3 is 6.03 Å². The Morgan fingerprint density at radius 3 is 2.61 bits per heavy atom. The molecule has 0 spiro atoms. The smallest absolute Gasteiger partial charge is 0.322 e. The fraction of sp³-hybridized carbons (Fsp3) is 0.467. The Kier molecular flexibility index (Phi) is 3.17. The fourth-order valence-corrected chi connectivity index (χ4v) is 3.02. The highest BCUT2D eigenvalue weighted by Gasteiger charge is 2.32. The predicted octanol–water partition coefficient (Wildman–Crippen LogP) is 0.881. The van der Waals surface area contributed by atoms with Crippen molar-refractivity contribution in [3.05, 3.63) is 29.8 Å². The van der Waals surface area contributed by atoms with Gasteiger partial charge in [0.1, 0.15) is 0 Å². The molecular weight excluding hydrogens is 294 g/mol. The van der Waals surface area contributed by atoms with Crippen molar-refractivity contribution >= 4 is 17.7 Å². The zero-order valence-electron chi connectivity index (χ0n) is 13.2. The second kappa shape index (κ2) is 5.22. The molecule has 2 saturated heterocycles. The molecule has 2 aromatic rings. The van der Waals surface area contributed by atoms with Gasteiger partial charge in [-0.15, -0.1) is 0 Å². The normalized spacial score (nSPS) is 18.3. The maximum Gasteiger partial charge on any atom is 0.322 e. The SMILES string of the molecule is Cc1cc(C)nc(N2CC(n3cc(N4CCNC4=O)cn3)C2)n1. The van der Waals surface area contributed by atoms with Crippen LogP contribution in [-0.2, 0) is 0 Å². The monoisotopic (exact) mass is 313 g/mol. The summed E-state index contributed by atoms with van der Waals surface area (Å²) in [6, 6.07) is 2.21. The van der Waals surface area contributed by atoms with Crippen molar-refractivity contribution in [1.29, 1.82) is 0 Å². The number of hydrogen-bond donors (Lipinski definition) is 1. The minimum absolute atomic E-state index is 0.0524. The first-order valence-corrected chi connectivity index (χ1v) is 7.77. The molecule has 120 valence electrons. The van der Waals surface area contributed by atoms with Gasteiger partial charge in [0.15, 0.2) is 0 Å². The van der Waals surface area contributed by atoms with Gasteiger partial charge in [-0.1, -0.05) is 0 Å². The molecule has 2 fully saturated rings. The highest BCUT2D eigenvalue weighted by molar-refractivity contribution is 5.93. The van der Waals surface area contributed by atoms with Gasteiger partial charge in [-0.2, -0.15) is 5.10 Å². The average molecular weight is 313 g/mol. The first kappa shape index (κ1) is 14.0. The Bertz CT molecular complexity index is 730. The third-order valence-electron chi connectivity index (χ3n) is 4.25. The Morgan fingerprint density at radius 2 is 1.96 bits per heavy atom. The number of hydrogen-bond acceptors (Lipinski definition) is 5. The summed E-state index contributed by atoms with van der Waals surface area (Å²) in [5.74, 6) is 0.782. The molecule has 4 heterocycles. The maximum absolute atomic E-state index is 11.7. The van der Waals surface area contributed by atoms with Crippen molar-refractivity contribution in [2.45, 2.75) is 19.9 Å². The summed E-state index contributed by atoms with van der Waals surface area (Å²) >= 11 is 0. The van der Waals surface area contributed by atoms with E-state index in [9.17, 15) is 4.79 Å². The number of amides is 2. The highest BCUT2D eigenvalue weighted by atomic mass is 16.2. The van der Waals surface area contributed by atoms with Gasteiger partial charge in [-0.05, 0) is 19.9 Å². The third-order valence-corrected chi connectivity index (χ3v) is 4.25. The van der Waals surface area contributed by atoms with Crippen molar-refractivity contribution < 1.29 is 4.79 Å². The second-order valence-corrected chi connectivity index (χ2v) is 6.07. The molecule has 2 amide bonds. The standard InChI is InChI=1S/C15H19N7O/c1-10-5-11(2)19-14(18-10)20-7-13(8-20)22-9-12(6-17-22)21-4-3-16-15(21)23/h5-6,9,13H,3-4,7-8H2,1-2H3,(H,16,23). The van der Waals surface area contributed by atoms with E-state index in [1.807, 2.05) is 30.8 Å². The lowest BCUT2D eigenvalue weighted by molar-refractivity contribution is 0.252. The van der Waals surface area contributed by atoms with E-state index in [1.54, 1.807) is 11.1 Å². The number of nitrogens with one attached hydrogen (secondary N) is 1. The molecule has 8 nitrogen and oxygen atoms in total. The summed E-state index contributed by atoms with van der Waals surface area (Å²) in [7, 11) is 0. The van der Waals surface area contributed by atoms with E-state index >= 15 is 0 Å². The molecule has 0 saturated carbocycles. The number of nitrogens with zero attached hydrogens (tertiary/aromatic N) is 6. The molecule has 8 heteroatoms. The molecule has 1 N–H and O–H groups in total. The van der Waals surface area contributed by atoms with Crippen LogP contribution in [0.15, 0.2) is 18.5 Å². The molecule has 2 aromatic heterocycles. The van der Waals surface area contributed by atoms with Crippen LogP contribution >= 0.6 is 0 Å². The molecule has 2 aliphatic heterocycles. The third kappa shape index (κ3) is 2.49. The van der Waals surface area contributed by atoms with Crippen molar-refractivity contribution in [1.82, 2.24) is 25.1 Å². The number of rotatable bonds is 3. The number of anilines is 2. The summed E-state index contributed by atoms with van der Waals surface area (Å²) in [4.78, 5) is 24.5. The molecule has 23 heavy (non-hydrogen) atoms. The lowest BCUT2D eigenvalue weighted by Gasteiger charge is -2.39. The Labute approximate surface area is 134 Å². The first-order chi connectivity index (χ1) is 11.1. The average Bonchev–Trinajstić information content (AvgIpc) is 3.05. The highest BCUT2D eigenvalue weighted by Crippen LogP contribution is 2.27. The molecule has 2 aliphatic rings. The van der Waals surface area contributed by atoms with Crippen molar-refractivity contribution in [2.75, 3.05) is 36.0 Å². The van der Waals surface area contributed by atoms with Crippen molar-refractivity contribution in [3.8, 4) is 0 Å². The van der Waals surface area contributed by atoms with E-state index in [-0.39, 0.29) is 6.03 Å². The van der Waals surface area contributed by atoms with Crippen LogP contribution in [0.5, 0.6) is 0 Å². The van der Waals surface area contributed by atoms with E-state index in [0.29, 0.717) is 19.1 Å². The van der Waals surface area contributed by atoms with E-state index in [1.165, 1.54) is 0 Å². The van der Waals surface area contributed by atoms with Gasteiger partial charge in [0.25, 0.3) is 0 Å². The quantitative estimate of drug-likeness (QED) is 0.910. The van der Waals surface area contributed by atoms with Gasteiger partial charge in [0.2, 0.25) is 5.95 Å².